The monoisotopic (exact) mass is 543 g/mol. The number of fused-ring (bicyclic) bond motifs is 1. The molecule has 1 aromatic carbocycles. The number of aromatic nitrogens is 4. The molecule has 0 radical (unpaired) electrons. The molecule has 0 saturated carbocycles. The van der Waals surface area contributed by atoms with Crippen LogP contribution in [-0.4, -0.2) is 53.2 Å². The first kappa shape index (κ1) is 25.0. The molecule has 1 unspecified atom stereocenters. The Kier molecular flexibility index (Phi) is 6.97. The van der Waals surface area contributed by atoms with Gasteiger partial charge in [0.05, 0.1) is 10.6 Å². The van der Waals surface area contributed by atoms with Gasteiger partial charge < -0.3 is 9.64 Å². The molecule has 1 fully saturated rings. The lowest BCUT2D eigenvalue weighted by atomic mass is 9.92. The van der Waals surface area contributed by atoms with Gasteiger partial charge in [-0.05, 0) is 49.9 Å². The van der Waals surface area contributed by atoms with Crippen LogP contribution in [0.5, 0.6) is 5.19 Å². The number of hydrogen-bond donors (Lipinski definition) is 0. The van der Waals surface area contributed by atoms with Gasteiger partial charge in [-0.15, -0.1) is 0 Å². The molecule has 3 aromatic heterocycles. The number of hydrogen-bond acceptors (Lipinski definition) is 10. The number of ether oxygens (including phenoxy) is 1. The molecule has 11 heteroatoms. The summed E-state index contributed by atoms with van der Waals surface area (Å²) < 4.78 is 34.2. The van der Waals surface area contributed by atoms with Crippen molar-refractivity contribution in [3.8, 4) is 16.5 Å². The van der Waals surface area contributed by atoms with Crippen molar-refractivity contribution in [2.24, 2.45) is 5.92 Å². The van der Waals surface area contributed by atoms with Crippen molar-refractivity contribution in [1.82, 2.24) is 19.3 Å². The summed E-state index contributed by atoms with van der Waals surface area (Å²) >= 11 is 2.93. The molecular formula is C25H29N5O3S3. The van der Waals surface area contributed by atoms with E-state index >= 15 is 0 Å². The van der Waals surface area contributed by atoms with Crippen molar-refractivity contribution in [3.63, 3.8) is 0 Å². The number of nitrogens with zero attached hydrogens (tertiary/aromatic N) is 5. The second kappa shape index (κ2) is 10.0. The van der Waals surface area contributed by atoms with Crippen LogP contribution < -0.4 is 9.64 Å². The van der Waals surface area contributed by atoms with Crippen molar-refractivity contribution < 1.29 is 13.2 Å². The molecular weight excluding hydrogens is 515 g/mol. The van der Waals surface area contributed by atoms with E-state index < -0.39 is 9.84 Å². The van der Waals surface area contributed by atoms with Crippen molar-refractivity contribution in [2.45, 2.75) is 50.5 Å². The zero-order valence-electron chi connectivity index (χ0n) is 20.7. The van der Waals surface area contributed by atoms with E-state index in [2.05, 4.69) is 35.0 Å². The molecule has 0 aliphatic carbocycles. The molecule has 5 rings (SSSR count). The van der Waals surface area contributed by atoms with E-state index in [0.717, 1.165) is 58.5 Å². The van der Waals surface area contributed by atoms with E-state index in [1.54, 1.807) is 24.3 Å². The summed E-state index contributed by atoms with van der Waals surface area (Å²) in [5.74, 6) is 1.72. The number of thiazole rings is 1. The predicted octanol–water partition coefficient (Wildman–Crippen LogP) is 5.42. The Hall–Kier alpha value is -2.63. The summed E-state index contributed by atoms with van der Waals surface area (Å²) in [5, 5.41) is 1.65. The van der Waals surface area contributed by atoms with E-state index in [-0.39, 0.29) is 6.10 Å². The van der Waals surface area contributed by atoms with Gasteiger partial charge in [0.1, 0.15) is 22.3 Å². The average molecular weight is 544 g/mol. The summed E-state index contributed by atoms with van der Waals surface area (Å²) in [6.07, 6.45) is 3.33. The number of rotatable bonds is 7. The summed E-state index contributed by atoms with van der Waals surface area (Å²) in [5.41, 5.74) is 2.43. The molecule has 1 aliphatic rings. The number of sulfone groups is 1. The van der Waals surface area contributed by atoms with Crippen LogP contribution in [0.15, 0.2) is 41.3 Å². The van der Waals surface area contributed by atoms with E-state index in [4.69, 9.17) is 14.7 Å². The molecule has 8 nitrogen and oxygen atoms in total. The molecule has 1 saturated heterocycles. The Morgan fingerprint density at radius 2 is 1.72 bits per heavy atom. The minimum absolute atomic E-state index is 0.0522. The maximum Gasteiger partial charge on any atom is 0.276 e. The highest BCUT2D eigenvalue weighted by Crippen LogP contribution is 2.33. The molecule has 4 heterocycles. The van der Waals surface area contributed by atoms with Crippen LogP contribution in [0.1, 0.15) is 45.4 Å². The van der Waals surface area contributed by atoms with Crippen molar-refractivity contribution in [2.75, 3.05) is 24.2 Å². The average Bonchev–Trinajstić information content (AvgIpc) is 3.50. The molecule has 4 aromatic rings. The summed E-state index contributed by atoms with van der Waals surface area (Å²) in [6.45, 7) is 8.26. The molecule has 1 aliphatic heterocycles. The Morgan fingerprint density at radius 1 is 1.00 bits per heavy atom. The number of anilines is 1. The first-order valence-electron chi connectivity index (χ1n) is 12.0. The zero-order valence-corrected chi connectivity index (χ0v) is 23.2. The van der Waals surface area contributed by atoms with Crippen molar-refractivity contribution in [3.05, 3.63) is 42.2 Å². The van der Waals surface area contributed by atoms with Gasteiger partial charge in [0.25, 0.3) is 5.19 Å². The molecule has 0 spiro atoms. The standard InChI is InChI=1S/C25H29N5O3S3/c1-15(2)22-28-24(35-29-22)30-13-11-17(12-14-30)16(3)33-25-27-21-10-9-20(26-23(21)34-25)18-5-7-19(8-6-18)36(4,31)32/h5-10,15-17H,11-14H2,1-4H3. The van der Waals surface area contributed by atoms with Gasteiger partial charge in [0.15, 0.2) is 9.84 Å². The third kappa shape index (κ3) is 5.37. The topological polar surface area (TPSA) is 98.2 Å². The highest BCUT2D eigenvalue weighted by Gasteiger charge is 2.27. The van der Waals surface area contributed by atoms with Gasteiger partial charge >= 0.3 is 0 Å². The van der Waals surface area contributed by atoms with Crippen LogP contribution in [0.25, 0.3) is 21.6 Å². The molecule has 36 heavy (non-hydrogen) atoms. The van der Waals surface area contributed by atoms with Gasteiger partial charge in [-0.3, -0.25) is 0 Å². The highest BCUT2D eigenvalue weighted by atomic mass is 32.2. The summed E-state index contributed by atoms with van der Waals surface area (Å²) in [7, 11) is -3.23. The zero-order chi connectivity index (χ0) is 25.4. The maximum atomic E-state index is 11.7. The quantitative estimate of drug-likeness (QED) is 0.305. The Morgan fingerprint density at radius 3 is 2.36 bits per heavy atom. The second-order valence-corrected chi connectivity index (χ2v) is 13.2. The largest absolute Gasteiger partial charge is 0.467 e. The van der Waals surface area contributed by atoms with Gasteiger partial charge in [-0.2, -0.15) is 4.37 Å². The fraction of sp³-hybridized carbons (Fsp3) is 0.440. The molecule has 190 valence electrons. The molecule has 0 amide bonds. The first-order chi connectivity index (χ1) is 17.2. The third-order valence-electron chi connectivity index (χ3n) is 6.52. The highest BCUT2D eigenvalue weighted by molar-refractivity contribution is 7.90. The van der Waals surface area contributed by atoms with Crippen LogP contribution in [0, 0.1) is 5.92 Å². The Labute approximate surface area is 219 Å². The number of benzene rings is 1. The molecule has 1 atom stereocenters. The fourth-order valence-electron chi connectivity index (χ4n) is 4.29. The van der Waals surface area contributed by atoms with Crippen LogP contribution in [-0.2, 0) is 9.84 Å². The van der Waals surface area contributed by atoms with Gasteiger partial charge in [-0.1, -0.05) is 37.3 Å². The second-order valence-electron chi connectivity index (χ2n) is 9.53. The molecule has 0 N–H and O–H groups in total. The molecule has 0 bridgehead atoms. The third-order valence-corrected chi connectivity index (χ3v) is 9.30. The minimum Gasteiger partial charge on any atom is -0.467 e. The lowest BCUT2D eigenvalue weighted by molar-refractivity contribution is 0.133. The Bertz CT molecular complexity index is 1460. The summed E-state index contributed by atoms with van der Waals surface area (Å²) in [6, 6.07) is 10.6. The smallest absolute Gasteiger partial charge is 0.276 e. The van der Waals surface area contributed by atoms with Crippen molar-refractivity contribution in [1.29, 1.82) is 0 Å². The van der Waals surface area contributed by atoms with Gasteiger partial charge in [0, 0.05) is 42.4 Å². The maximum absolute atomic E-state index is 11.7. The SMILES string of the molecule is CC(C)c1nsc(N2CCC(C(C)Oc3nc4ccc(-c5ccc(S(C)(=O)=O)cc5)nc4s3)CC2)n1. The van der Waals surface area contributed by atoms with Crippen LogP contribution >= 0.6 is 22.9 Å². The van der Waals surface area contributed by atoms with E-state index in [1.165, 1.54) is 29.1 Å². The van der Waals surface area contributed by atoms with E-state index in [9.17, 15) is 8.42 Å². The van der Waals surface area contributed by atoms with Crippen LogP contribution in [0.2, 0.25) is 0 Å². The van der Waals surface area contributed by atoms with Crippen LogP contribution in [0.3, 0.4) is 0 Å². The lowest BCUT2D eigenvalue weighted by Gasteiger charge is -2.34. The predicted molar refractivity (Wildman–Crippen MR) is 145 cm³/mol. The first-order valence-corrected chi connectivity index (χ1v) is 15.5. The number of pyridine rings is 1. The van der Waals surface area contributed by atoms with E-state index in [0.29, 0.717) is 21.9 Å². The van der Waals surface area contributed by atoms with Gasteiger partial charge in [-0.25, -0.2) is 23.4 Å². The van der Waals surface area contributed by atoms with Crippen molar-refractivity contribution >= 4 is 48.2 Å². The van der Waals surface area contributed by atoms with E-state index in [1.807, 2.05) is 12.1 Å². The minimum atomic E-state index is -3.23. The number of piperidine rings is 1. The van der Waals surface area contributed by atoms with Crippen LogP contribution in [0.4, 0.5) is 5.13 Å². The fourth-order valence-corrected chi connectivity index (χ4v) is 6.65. The normalized spacial score (nSPS) is 16.1. The summed E-state index contributed by atoms with van der Waals surface area (Å²) in [4.78, 5) is 17.5. The Balaban J connectivity index is 1.22. The lowest BCUT2D eigenvalue weighted by Crippen LogP contribution is -2.38. The van der Waals surface area contributed by atoms with Gasteiger partial charge in [0.2, 0.25) is 5.13 Å².